The summed E-state index contributed by atoms with van der Waals surface area (Å²) < 4.78 is 0. The van der Waals surface area contributed by atoms with Crippen LogP contribution in [0.5, 0.6) is 0 Å². The van der Waals surface area contributed by atoms with Crippen molar-refractivity contribution in [2.45, 2.75) is 81.3 Å². The van der Waals surface area contributed by atoms with Gasteiger partial charge in [-0.1, -0.05) is 91.0 Å². The van der Waals surface area contributed by atoms with Gasteiger partial charge in [-0.05, 0) is 80.3 Å². The Bertz CT molecular complexity index is 1470. The van der Waals surface area contributed by atoms with Crippen LogP contribution in [-0.4, -0.2) is 93.9 Å². The Balaban J connectivity index is 1.40. The lowest BCUT2D eigenvalue weighted by Crippen LogP contribution is -2.57. The third-order valence-electron chi connectivity index (χ3n) is 10.0. The summed E-state index contributed by atoms with van der Waals surface area (Å²) in [6.07, 6.45) is 7.72. The number of rotatable bonds is 13. The molecule has 1 heterocycles. The molecule has 2 unspecified atom stereocenters. The van der Waals surface area contributed by atoms with Gasteiger partial charge in [-0.2, -0.15) is 0 Å². The first-order valence-corrected chi connectivity index (χ1v) is 16.9. The lowest BCUT2D eigenvalue weighted by molar-refractivity contribution is -0.149. The third kappa shape index (κ3) is 8.96. The smallest absolute Gasteiger partial charge is 0.245 e. The van der Waals surface area contributed by atoms with Crippen molar-refractivity contribution in [1.82, 2.24) is 14.7 Å². The molecule has 3 aromatic carbocycles. The fraction of sp³-hybridized carbons (Fsp3) is 0.436. The number of likely N-dealkylation sites (N-methyl/N-ethyl adjacent to an activating group) is 2. The first-order valence-electron chi connectivity index (χ1n) is 16.9. The lowest BCUT2D eigenvalue weighted by atomic mass is 9.75. The van der Waals surface area contributed by atoms with Crippen molar-refractivity contribution in [3.63, 3.8) is 0 Å². The number of benzene rings is 3. The lowest BCUT2D eigenvalue weighted by Gasteiger charge is -2.39. The maximum absolute atomic E-state index is 14.6. The number of aliphatic hydroxyl groups is 2. The van der Waals surface area contributed by atoms with Crippen LogP contribution in [0, 0.1) is 0 Å². The molecule has 3 aromatic rings. The first-order chi connectivity index (χ1) is 22.6. The second-order valence-corrected chi connectivity index (χ2v) is 13.4. The molecule has 0 bridgehead atoms. The van der Waals surface area contributed by atoms with Gasteiger partial charge in [0.05, 0.1) is 12.1 Å². The standard InChI is InChI=1S/C39H50N4O4/c1-41(36(45)15-9-22-39(40)23-10-24-39)34(28-30-16-18-32(19-17-30)31-13-7-4-8-14-31)37(46)42(2)35(27-29-11-5-3-6-12-29)38(47)43-25-20-33(44)21-26-43/h3-9,11-19,33-36,44-45H,10,20-28,40H2,1-2H3/b15-9+/t34-,35?,36?/m1/s1. The number of amides is 2. The Kier molecular flexibility index (Phi) is 11.6. The van der Waals surface area contributed by atoms with E-state index in [9.17, 15) is 19.8 Å². The number of aliphatic hydroxyl groups excluding tert-OH is 2. The van der Waals surface area contributed by atoms with Gasteiger partial charge in [0.1, 0.15) is 12.3 Å². The second kappa shape index (κ2) is 15.8. The van der Waals surface area contributed by atoms with E-state index >= 15 is 0 Å². The van der Waals surface area contributed by atoms with Gasteiger partial charge in [0.2, 0.25) is 11.8 Å². The van der Waals surface area contributed by atoms with Crippen LogP contribution in [0.4, 0.5) is 0 Å². The minimum atomic E-state index is -1.02. The van der Waals surface area contributed by atoms with Gasteiger partial charge in [0.15, 0.2) is 0 Å². The largest absolute Gasteiger partial charge is 0.393 e. The number of piperidine rings is 1. The van der Waals surface area contributed by atoms with E-state index in [-0.39, 0.29) is 17.4 Å². The van der Waals surface area contributed by atoms with Crippen molar-refractivity contribution in [2.75, 3.05) is 27.2 Å². The highest BCUT2D eigenvalue weighted by molar-refractivity contribution is 5.90. The van der Waals surface area contributed by atoms with E-state index in [2.05, 4.69) is 24.3 Å². The molecule has 8 heteroatoms. The van der Waals surface area contributed by atoms with E-state index in [1.165, 1.54) is 0 Å². The molecule has 3 atom stereocenters. The van der Waals surface area contributed by atoms with Crippen molar-refractivity contribution in [3.05, 3.63) is 108 Å². The summed E-state index contributed by atoms with van der Waals surface area (Å²) in [6.45, 7) is 0.910. The van der Waals surface area contributed by atoms with Crippen molar-refractivity contribution >= 4 is 11.8 Å². The van der Waals surface area contributed by atoms with Crippen LogP contribution in [-0.2, 0) is 22.4 Å². The number of nitrogens with zero attached hydrogens (tertiary/aromatic N) is 3. The highest BCUT2D eigenvalue weighted by Crippen LogP contribution is 2.32. The Morgan fingerprint density at radius 2 is 1.43 bits per heavy atom. The normalized spacial score (nSPS) is 18.5. The minimum absolute atomic E-state index is 0.126. The summed E-state index contributed by atoms with van der Waals surface area (Å²) in [5.74, 6) is -0.368. The zero-order chi connectivity index (χ0) is 33.4. The van der Waals surface area contributed by atoms with E-state index in [4.69, 9.17) is 5.73 Å². The predicted octanol–water partition coefficient (Wildman–Crippen LogP) is 4.40. The quantitative estimate of drug-likeness (QED) is 0.189. The van der Waals surface area contributed by atoms with Crippen molar-refractivity contribution < 1.29 is 19.8 Å². The van der Waals surface area contributed by atoms with E-state index in [1.54, 1.807) is 34.9 Å². The predicted molar refractivity (Wildman–Crippen MR) is 186 cm³/mol. The summed E-state index contributed by atoms with van der Waals surface area (Å²) in [5, 5.41) is 21.4. The Labute approximate surface area is 279 Å². The zero-order valence-corrected chi connectivity index (χ0v) is 27.7. The molecule has 1 saturated heterocycles. The Hall–Kier alpha value is -3.82. The number of carbonyl (C=O) groups is 2. The molecule has 0 aromatic heterocycles. The molecular formula is C39H50N4O4. The van der Waals surface area contributed by atoms with Gasteiger partial charge in [-0.15, -0.1) is 0 Å². The molecule has 250 valence electrons. The zero-order valence-electron chi connectivity index (χ0n) is 27.7. The van der Waals surface area contributed by atoms with E-state index in [1.807, 2.05) is 66.7 Å². The molecule has 2 fully saturated rings. The molecule has 47 heavy (non-hydrogen) atoms. The highest BCUT2D eigenvalue weighted by atomic mass is 16.3. The number of nitrogens with two attached hydrogens (primary N) is 1. The van der Waals surface area contributed by atoms with Gasteiger partial charge >= 0.3 is 0 Å². The molecule has 1 aliphatic heterocycles. The number of carbonyl (C=O) groups excluding carboxylic acids is 2. The monoisotopic (exact) mass is 638 g/mol. The molecule has 2 amide bonds. The van der Waals surface area contributed by atoms with E-state index in [0.717, 1.165) is 41.5 Å². The molecule has 5 rings (SSSR count). The van der Waals surface area contributed by atoms with Crippen molar-refractivity contribution in [1.29, 1.82) is 0 Å². The summed E-state index contributed by atoms with van der Waals surface area (Å²) >= 11 is 0. The van der Waals surface area contributed by atoms with Crippen LogP contribution in [0.1, 0.15) is 49.7 Å². The fourth-order valence-corrected chi connectivity index (χ4v) is 6.59. The van der Waals surface area contributed by atoms with Gasteiger partial charge in [0.25, 0.3) is 0 Å². The molecule has 0 spiro atoms. The summed E-state index contributed by atoms with van der Waals surface area (Å²) in [6, 6.07) is 26.6. The average molecular weight is 639 g/mol. The molecule has 0 radical (unpaired) electrons. The number of hydrogen-bond acceptors (Lipinski definition) is 6. The van der Waals surface area contributed by atoms with Crippen molar-refractivity contribution in [2.24, 2.45) is 5.73 Å². The van der Waals surface area contributed by atoms with Gasteiger partial charge in [-0.3, -0.25) is 14.5 Å². The summed E-state index contributed by atoms with van der Waals surface area (Å²) in [5.41, 5.74) is 10.3. The van der Waals surface area contributed by atoms with E-state index < -0.39 is 24.4 Å². The van der Waals surface area contributed by atoms with Gasteiger partial charge in [0, 0.05) is 32.1 Å². The third-order valence-corrected chi connectivity index (χ3v) is 10.0. The SMILES string of the molecule is CN(C(=O)[C@@H](Cc1ccc(-c2ccccc2)cc1)N(C)C(O)/C=C/CC1(N)CCC1)C(Cc1ccccc1)C(=O)N1CCC(O)CC1. The van der Waals surface area contributed by atoms with E-state index in [0.29, 0.717) is 45.2 Å². The Morgan fingerprint density at radius 1 is 0.872 bits per heavy atom. The number of hydrogen-bond donors (Lipinski definition) is 3. The topological polar surface area (TPSA) is 110 Å². The van der Waals surface area contributed by atoms with Crippen molar-refractivity contribution in [3.8, 4) is 11.1 Å². The highest BCUT2D eigenvalue weighted by Gasteiger charge is 2.37. The Morgan fingerprint density at radius 3 is 2.02 bits per heavy atom. The van der Waals surface area contributed by atoms with Crippen LogP contribution in [0.15, 0.2) is 97.1 Å². The first kappa shape index (κ1) is 34.5. The molecule has 1 saturated carbocycles. The maximum atomic E-state index is 14.6. The second-order valence-electron chi connectivity index (χ2n) is 13.4. The molecule has 8 nitrogen and oxygen atoms in total. The van der Waals surface area contributed by atoms with Crippen LogP contribution >= 0.6 is 0 Å². The fourth-order valence-electron chi connectivity index (χ4n) is 6.59. The van der Waals surface area contributed by atoms with Crippen LogP contribution < -0.4 is 5.73 Å². The van der Waals surface area contributed by atoms with Crippen LogP contribution in [0.2, 0.25) is 0 Å². The van der Waals surface area contributed by atoms with Crippen LogP contribution in [0.3, 0.4) is 0 Å². The average Bonchev–Trinajstić information content (AvgIpc) is 3.09. The molecular weight excluding hydrogens is 588 g/mol. The summed E-state index contributed by atoms with van der Waals surface area (Å²) in [4.78, 5) is 33.6. The summed E-state index contributed by atoms with van der Waals surface area (Å²) in [7, 11) is 3.45. The van der Waals surface area contributed by atoms with Gasteiger partial charge < -0.3 is 25.7 Å². The minimum Gasteiger partial charge on any atom is -0.393 e. The molecule has 4 N–H and O–H groups in total. The molecule has 2 aliphatic rings. The van der Waals surface area contributed by atoms with Crippen LogP contribution in [0.25, 0.3) is 11.1 Å². The van der Waals surface area contributed by atoms with Gasteiger partial charge in [-0.25, -0.2) is 0 Å². The molecule has 1 aliphatic carbocycles. The maximum Gasteiger partial charge on any atom is 0.245 e. The number of likely N-dealkylation sites (tertiary alicyclic amines) is 1.